The molecule has 2 aromatic rings. The van der Waals surface area contributed by atoms with Gasteiger partial charge in [0.05, 0.1) is 18.2 Å². The predicted molar refractivity (Wildman–Crippen MR) is 106 cm³/mol. The maximum Gasteiger partial charge on any atom is 0.251 e. The summed E-state index contributed by atoms with van der Waals surface area (Å²) in [5, 5.41) is 3.07. The zero-order valence-corrected chi connectivity index (χ0v) is 16.9. The number of amides is 1. The van der Waals surface area contributed by atoms with Gasteiger partial charge in [-0.25, -0.2) is 4.39 Å². The Bertz CT molecular complexity index is 942. The van der Waals surface area contributed by atoms with Gasteiger partial charge in [-0.05, 0) is 62.6 Å². The molecule has 1 spiro atoms. The quantitative estimate of drug-likeness (QED) is 0.838. The van der Waals surface area contributed by atoms with Crippen LogP contribution in [-0.2, 0) is 11.3 Å². The van der Waals surface area contributed by atoms with Crippen molar-refractivity contribution in [1.82, 2.24) is 10.2 Å². The van der Waals surface area contributed by atoms with Gasteiger partial charge in [-0.1, -0.05) is 0 Å². The molecule has 3 saturated heterocycles. The van der Waals surface area contributed by atoms with Crippen molar-refractivity contribution in [3.63, 3.8) is 0 Å². The molecule has 4 atom stereocenters. The Kier molecular flexibility index (Phi) is 4.51. The Morgan fingerprint density at radius 1 is 1.31 bits per heavy atom. The highest BCUT2D eigenvalue weighted by Crippen LogP contribution is 2.54. The second-order valence-corrected chi connectivity index (χ2v) is 8.89. The Hall–Kier alpha value is -2.18. The van der Waals surface area contributed by atoms with Crippen molar-refractivity contribution in [1.29, 1.82) is 0 Å². The van der Waals surface area contributed by atoms with Gasteiger partial charge in [0.25, 0.3) is 5.91 Å². The summed E-state index contributed by atoms with van der Waals surface area (Å²) in [4.78, 5) is 15.0. The molecule has 3 aliphatic heterocycles. The Labute approximate surface area is 170 Å². The first-order chi connectivity index (χ1) is 13.9. The molecular weight excluding hydrogens is 371 g/mol. The molecule has 5 nitrogen and oxygen atoms in total. The molecule has 29 heavy (non-hydrogen) atoms. The van der Waals surface area contributed by atoms with Gasteiger partial charge >= 0.3 is 0 Å². The molecule has 154 valence electrons. The molecule has 3 fully saturated rings. The molecule has 5 rings (SSSR count). The summed E-state index contributed by atoms with van der Waals surface area (Å²) >= 11 is 0. The third kappa shape index (κ3) is 3.28. The maximum atomic E-state index is 13.5. The largest absolute Gasteiger partial charge is 0.465 e. The number of fused-ring (bicyclic) bond motifs is 1. The standard InChI is InChI=1S/C23H27FN2O3/c1-14-9-16(4-6-20(14)24)22(27)25-10-18-19-12-26(11-17-5-3-15(2)28-17)13-23(19)8-7-21(18)29-23/h3-6,9,18-19,21H,7-8,10-13H2,1-2H3,(H,25,27)/t18-,19+,21+,23+/m0/s1. The molecule has 3 aliphatic rings. The van der Waals surface area contributed by atoms with E-state index in [1.54, 1.807) is 19.1 Å². The van der Waals surface area contributed by atoms with Gasteiger partial charge in [-0.3, -0.25) is 9.69 Å². The number of hydrogen-bond donors (Lipinski definition) is 1. The van der Waals surface area contributed by atoms with Gasteiger partial charge in [-0.2, -0.15) is 0 Å². The topological polar surface area (TPSA) is 54.7 Å². The van der Waals surface area contributed by atoms with E-state index in [0.717, 1.165) is 44.0 Å². The molecule has 1 N–H and O–H groups in total. The highest BCUT2D eigenvalue weighted by molar-refractivity contribution is 5.94. The van der Waals surface area contributed by atoms with Gasteiger partial charge < -0.3 is 14.5 Å². The van der Waals surface area contributed by atoms with Crippen LogP contribution < -0.4 is 5.32 Å². The number of rotatable bonds is 5. The van der Waals surface area contributed by atoms with E-state index in [0.29, 0.717) is 29.5 Å². The number of nitrogens with zero attached hydrogens (tertiary/aromatic N) is 1. The molecule has 1 aromatic carbocycles. The summed E-state index contributed by atoms with van der Waals surface area (Å²) in [5.41, 5.74) is 0.914. The number of halogens is 1. The minimum absolute atomic E-state index is 0.0752. The van der Waals surface area contributed by atoms with E-state index in [1.165, 1.54) is 6.07 Å². The number of benzene rings is 1. The average molecular weight is 398 g/mol. The zero-order valence-electron chi connectivity index (χ0n) is 16.9. The first-order valence-corrected chi connectivity index (χ1v) is 10.4. The molecular formula is C23H27FN2O3. The zero-order chi connectivity index (χ0) is 20.2. The van der Waals surface area contributed by atoms with Crippen LogP contribution in [0.5, 0.6) is 0 Å². The van der Waals surface area contributed by atoms with E-state index < -0.39 is 0 Å². The number of carbonyl (C=O) groups excluding carboxylic acids is 1. The molecule has 0 radical (unpaired) electrons. The van der Waals surface area contributed by atoms with Gasteiger partial charge in [0, 0.05) is 37.0 Å². The molecule has 1 amide bonds. The SMILES string of the molecule is Cc1ccc(CN2C[C@@H]3[C@H](CNC(=O)c4ccc(F)c(C)c4)[C@H]4CC[C@]3(C2)O4)o1. The van der Waals surface area contributed by atoms with Crippen molar-refractivity contribution < 1.29 is 18.3 Å². The third-order valence-corrected chi connectivity index (χ3v) is 6.95. The number of likely N-dealkylation sites (tertiary alicyclic amines) is 1. The molecule has 6 heteroatoms. The van der Waals surface area contributed by atoms with Crippen molar-refractivity contribution in [2.75, 3.05) is 19.6 Å². The average Bonchev–Trinajstić information content (AvgIpc) is 3.43. The van der Waals surface area contributed by atoms with Crippen molar-refractivity contribution in [3.8, 4) is 0 Å². The summed E-state index contributed by atoms with van der Waals surface area (Å²) < 4.78 is 25.7. The lowest BCUT2D eigenvalue weighted by molar-refractivity contribution is 0.00166. The second-order valence-electron chi connectivity index (χ2n) is 8.89. The van der Waals surface area contributed by atoms with E-state index in [9.17, 15) is 9.18 Å². The second kappa shape index (κ2) is 6.96. The molecule has 0 unspecified atom stereocenters. The number of hydrogen-bond acceptors (Lipinski definition) is 4. The maximum absolute atomic E-state index is 13.5. The molecule has 0 saturated carbocycles. The van der Waals surface area contributed by atoms with Crippen molar-refractivity contribution >= 4 is 5.91 Å². The number of furan rings is 1. The van der Waals surface area contributed by atoms with Crippen LogP contribution in [0.25, 0.3) is 0 Å². The van der Waals surface area contributed by atoms with E-state index in [4.69, 9.17) is 9.15 Å². The number of ether oxygens (including phenoxy) is 1. The van der Waals surface area contributed by atoms with Crippen LogP contribution in [0.4, 0.5) is 4.39 Å². The normalized spacial score (nSPS) is 30.7. The number of aryl methyl sites for hydroxylation is 2. The van der Waals surface area contributed by atoms with Crippen molar-refractivity contribution in [2.45, 2.75) is 44.9 Å². The third-order valence-electron chi connectivity index (χ3n) is 6.95. The summed E-state index contributed by atoms with van der Waals surface area (Å²) in [6, 6.07) is 8.54. The van der Waals surface area contributed by atoms with Crippen LogP contribution in [0.15, 0.2) is 34.7 Å². The first-order valence-electron chi connectivity index (χ1n) is 10.4. The molecule has 0 aliphatic carbocycles. The molecule has 2 bridgehead atoms. The first kappa shape index (κ1) is 18.8. The highest BCUT2D eigenvalue weighted by atomic mass is 19.1. The fourth-order valence-corrected chi connectivity index (χ4v) is 5.57. The van der Waals surface area contributed by atoms with Gasteiger partial charge in [0.1, 0.15) is 17.3 Å². The summed E-state index contributed by atoms with van der Waals surface area (Å²) in [6.07, 6.45) is 2.38. The van der Waals surface area contributed by atoms with E-state index in [2.05, 4.69) is 10.2 Å². The smallest absolute Gasteiger partial charge is 0.251 e. The lowest BCUT2D eigenvalue weighted by Crippen LogP contribution is -2.41. The van der Waals surface area contributed by atoms with Gasteiger partial charge in [0.15, 0.2) is 0 Å². The fraction of sp³-hybridized carbons (Fsp3) is 0.522. The summed E-state index contributed by atoms with van der Waals surface area (Å²) in [5.74, 6) is 2.23. The van der Waals surface area contributed by atoms with Crippen LogP contribution in [-0.4, -0.2) is 42.1 Å². The van der Waals surface area contributed by atoms with Crippen molar-refractivity contribution in [3.05, 3.63) is 58.8 Å². The van der Waals surface area contributed by atoms with Crippen LogP contribution in [0.1, 0.15) is 40.3 Å². The number of nitrogens with one attached hydrogen (secondary N) is 1. The van der Waals surface area contributed by atoms with E-state index in [1.807, 2.05) is 19.1 Å². The Balaban J connectivity index is 1.24. The van der Waals surface area contributed by atoms with Crippen LogP contribution in [0.3, 0.4) is 0 Å². The summed E-state index contributed by atoms with van der Waals surface area (Å²) in [7, 11) is 0. The highest BCUT2D eigenvalue weighted by Gasteiger charge is 2.62. The lowest BCUT2D eigenvalue weighted by Gasteiger charge is -2.29. The lowest BCUT2D eigenvalue weighted by atomic mass is 9.73. The minimum Gasteiger partial charge on any atom is -0.465 e. The van der Waals surface area contributed by atoms with Crippen molar-refractivity contribution in [2.24, 2.45) is 11.8 Å². The molecule has 4 heterocycles. The van der Waals surface area contributed by atoms with Crippen LogP contribution >= 0.6 is 0 Å². The Morgan fingerprint density at radius 2 is 2.17 bits per heavy atom. The predicted octanol–water partition coefficient (Wildman–Crippen LogP) is 3.44. The van der Waals surface area contributed by atoms with E-state index in [-0.39, 0.29) is 23.4 Å². The van der Waals surface area contributed by atoms with Crippen LogP contribution in [0, 0.1) is 31.5 Å². The molecule has 1 aromatic heterocycles. The van der Waals surface area contributed by atoms with Crippen LogP contribution in [0.2, 0.25) is 0 Å². The van der Waals surface area contributed by atoms with Gasteiger partial charge in [-0.15, -0.1) is 0 Å². The fourth-order valence-electron chi connectivity index (χ4n) is 5.57. The van der Waals surface area contributed by atoms with E-state index >= 15 is 0 Å². The minimum atomic E-state index is -0.289. The van der Waals surface area contributed by atoms with Gasteiger partial charge in [0.2, 0.25) is 0 Å². The monoisotopic (exact) mass is 398 g/mol. The Morgan fingerprint density at radius 3 is 2.93 bits per heavy atom. The number of carbonyl (C=O) groups is 1. The summed E-state index contributed by atoms with van der Waals surface area (Å²) in [6.45, 7) is 6.93.